The molecule has 1 unspecified atom stereocenters. The molecule has 1 aliphatic heterocycles. The van der Waals surface area contributed by atoms with Crippen molar-refractivity contribution < 1.29 is 37.8 Å². The predicted molar refractivity (Wildman–Crippen MR) is 216 cm³/mol. The van der Waals surface area contributed by atoms with Gasteiger partial charge in [-0.15, -0.1) is 6.58 Å². The summed E-state index contributed by atoms with van der Waals surface area (Å²) in [5, 5.41) is 10.3. The molecule has 57 heavy (non-hydrogen) atoms. The Labute approximate surface area is 330 Å². The summed E-state index contributed by atoms with van der Waals surface area (Å²) < 4.78 is 32.4. The van der Waals surface area contributed by atoms with Gasteiger partial charge in [0.25, 0.3) is 5.91 Å². The zero-order valence-electron chi connectivity index (χ0n) is 31.6. The summed E-state index contributed by atoms with van der Waals surface area (Å²) in [6, 6.07) is 35.7. The summed E-state index contributed by atoms with van der Waals surface area (Å²) in [5.74, 6) is -0.734. The highest BCUT2D eigenvalue weighted by Gasteiger charge is 2.51. The first-order chi connectivity index (χ1) is 27.7. The van der Waals surface area contributed by atoms with Gasteiger partial charge >= 0.3 is 5.97 Å². The van der Waals surface area contributed by atoms with Gasteiger partial charge in [-0.3, -0.25) is 19.3 Å². The summed E-state index contributed by atoms with van der Waals surface area (Å²) >= 11 is 0. The van der Waals surface area contributed by atoms with Crippen molar-refractivity contribution in [2.24, 2.45) is 0 Å². The minimum atomic E-state index is -0.947. The van der Waals surface area contributed by atoms with Crippen LogP contribution in [0.4, 0.5) is 10.1 Å². The quantitative estimate of drug-likeness (QED) is 0.0632. The Balaban J connectivity index is 1.39. The summed E-state index contributed by atoms with van der Waals surface area (Å²) in [7, 11) is 0. The molecule has 3 atom stereocenters. The van der Waals surface area contributed by atoms with Gasteiger partial charge in [0.15, 0.2) is 0 Å². The molecule has 7 rings (SSSR count). The average Bonchev–Trinajstić information content (AvgIpc) is 3.79. The number of carbonyl (C=O) groups excluding carboxylic acids is 3. The normalized spacial score (nSPS) is 15.2. The van der Waals surface area contributed by atoms with E-state index in [1.54, 1.807) is 58.3 Å². The van der Waals surface area contributed by atoms with Crippen molar-refractivity contribution in [1.82, 2.24) is 4.90 Å². The second-order valence-electron chi connectivity index (χ2n) is 13.9. The second kappa shape index (κ2) is 17.5. The summed E-state index contributed by atoms with van der Waals surface area (Å²) in [5.41, 5.74) is 4.62. The third kappa shape index (κ3) is 8.66. The van der Waals surface area contributed by atoms with Gasteiger partial charge in [-0.2, -0.15) is 0 Å². The molecule has 1 aliphatic rings. The Morgan fingerprint density at radius 3 is 2.33 bits per heavy atom. The van der Waals surface area contributed by atoms with E-state index in [4.69, 9.17) is 13.9 Å². The molecule has 9 nitrogen and oxygen atoms in total. The van der Waals surface area contributed by atoms with Crippen LogP contribution in [0.5, 0.6) is 5.75 Å². The van der Waals surface area contributed by atoms with Gasteiger partial charge in [0, 0.05) is 42.9 Å². The standard InChI is InChI=1S/C47H43FN2O7/c1-3-10-43(56-31(2)52)46-45(49(44(53)27-32-15-21-37(48)22-16-32)30-39-28-36-13-7-8-14-42(36)57-39)40-29-38(55-26-9-25-51)23-24-41(40)50(46)47(54)35-19-17-34(18-20-35)33-11-5-4-6-12-33/h3-8,11-24,28-29,43,45-46,51H,1,9-10,25-27,30H2,2H3/t43?,45-,46+/m0/s1. The number of hydrogen-bond acceptors (Lipinski definition) is 7. The van der Waals surface area contributed by atoms with E-state index in [-0.39, 0.29) is 44.4 Å². The van der Waals surface area contributed by atoms with Crippen LogP contribution < -0.4 is 9.64 Å². The van der Waals surface area contributed by atoms with E-state index in [1.165, 1.54) is 19.1 Å². The fraction of sp³-hybridized carbons (Fsp3) is 0.213. The Morgan fingerprint density at radius 2 is 1.63 bits per heavy atom. The molecule has 290 valence electrons. The highest BCUT2D eigenvalue weighted by molar-refractivity contribution is 6.08. The molecule has 0 bridgehead atoms. The van der Waals surface area contributed by atoms with E-state index in [0.717, 1.165) is 16.5 Å². The topological polar surface area (TPSA) is 110 Å². The average molecular weight is 767 g/mol. The molecular formula is C47H43FN2O7. The molecule has 1 aromatic heterocycles. The van der Waals surface area contributed by atoms with Crippen molar-refractivity contribution >= 4 is 34.4 Å². The molecule has 2 heterocycles. The zero-order chi connectivity index (χ0) is 39.9. The number of benzene rings is 5. The number of ether oxygens (including phenoxy) is 2. The third-order valence-corrected chi connectivity index (χ3v) is 10.1. The highest BCUT2D eigenvalue weighted by atomic mass is 19.1. The molecule has 0 spiro atoms. The fourth-order valence-corrected chi connectivity index (χ4v) is 7.50. The van der Waals surface area contributed by atoms with Crippen LogP contribution in [-0.4, -0.2) is 53.1 Å². The number of para-hydroxylation sites is 1. The lowest BCUT2D eigenvalue weighted by Crippen LogP contribution is -2.53. The second-order valence-corrected chi connectivity index (χ2v) is 13.9. The summed E-state index contributed by atoms with van der Waals surface area (Å²) in [4.78, 5) is 46.0. The number of hydrogen-bond donors (Lipinski definition) is 1. The fourth-order valence-electron chi connectivity index (χ4n) is 7.50. The van der Waals surface area contributed by atoms with Crippen LogP contribution in [0.25, 0.3) is 22.1 Å². The first-order valence-electron chi connectivity index (χ1n) is 18.9. The number of nitrogens with zero attached hydrogens (tertiary/aromatic N) is 2. The van der Waals surface area contributed by atoms with Crippen molar-refractivity contribution in [3.8, 4) is 16.9 Å². The number of rotatable bonds is 15. The van der Waals surface area contributed by atoms with Gasteiger partial charge < -0.3 is 23.9 Å². The van der Waals surface area contributed by atoms with E-state index in [1.807, 2.05) is 72.8 Å². The molecule has 0 saturated carbocycles. The van der Waals surface area contributed by atoms with Gasteiger partial charge in [-0.25, -0.2) is 4.39 Å². The van der Waals surface area contributed by atoms with Crippen molar-refractivity contribution in [2.75, 3.05) is 18.1 Å². The van der Waals surface area contributed by atoms with Crippen molar-refractivity contribution in [2.45, 2.75) is 50.9 Å². The van der Waals surface area contributed by atoms with Crippen LogP contribution in [0.2, 0.25) is 0 Å². The maximum absolute atomic E-state index is 15.0. The van der Waals surface area contributed by atoms with Gasteiger partial charge in [-0.05, 0) is 71.3 Å². The first-order valence-corrected chi connectivity index (χ1v) is 18.9. The molecular weight excluding hydrogens is 724 g/mol. The predicted octanol–water partition coefficient (Wildman–Crippen LogP) is 8.85. The number of aliphatic hydroxyl groups is 1. The molecule has 10 heteroatoms. The van der Waals surface area contributed by atoms with E-state index in [9.17, 15) is 19.1 Å². The van der Waals surface area contributed by atoms with Crippen LogP contribution in [0.3, 0.4) is 0 Å². The molecule has 0 aliphatic carbocycles. The minimum Gasteiger partial charge on any atom is -0.493 e. The van der Waals surface area contributed by atoms with Crippen molar-refractivity contribution in [1.29, 1.82) is 0 Å². The Morgan fingerprint density at radius 1 is 0.912 bits per heavy atom. The molecule has 1 N–H and O–H groups in total. The van der Waals surface area contributed by atoms with Crippen LogP contribution >= 0.6 is 0 Å². The molecule has 5 aromatic carbocycles. The Kier molecular flexibility index (Phi) is 11.9. The number of halogens is 1. The molecule has 6 aromatic rings. The van der Waals surface area contributed by atoms with Crippen molar-refractivity contribution in [3.05, 3.63) is 168 Å². The number of amides is 2. The smallest absolute Gasteiger partial charge is 0.302 e. The highest BCUT2D eigenvalue weighted by Crippen LogP contribution is 2.48. The van der Waals surface area contributed by atoms with Crippen LogP contribution in [0.15, 0.2) is 144 Å². The number of fused-ring (bicyclic) bond motifs is 2. The Hall–Kier alpha value is -6.52. The van der Waals surface area contributed by atoms with Gasteiger partial charge in [-0.1, -0.05) is 78.9 Å². The lowest BCUT2D eigenvalue weighted by atomic mass is 9.93. The number of carbonyl (C=O) groups is 3. The number of aliphatic hydroxyl groups excluding tert-OH is 1. The lowest BCUT2D eigenvalue weighted by molar-refractivity contribution is -0.148. The number of furan rings is 1. The summed E-state index contributed by atoms with van der Waals surface area (Å²) in [6.07, 6.45) is 1.14. The van der Waals surface area contributed by atoms with E-state index in [2.05, 4.69) is 6.58 Å². The van der Waals surface area contributed by atoms with Crippen LogP contribution in [-0.2, 0) is 27.3 Å². The third-order valence-electron chi connectivity index (χ3n) is 10.1. The van der Waals surface area contributed by atoms with E-state index in [0.29, 0.717) is 45.9 Å². The minimum absolute atomic E-state index is 0.0143. The monoisotopic (exact) mass is 766 g/mol. The van der Waals surface area contributed by atoms with Gasteiger partial charge in [0.05, 0.1) is 37.3 Å². The van der Waals surface area contributed by atoms with Crippen LogP contribution in [0, 0.1) is 5.82 Å². The van der Waals surface area contributed by atoms with E-state index < -0.39 is 30.0 Å². The SMILES string of the molecule is C=CCC(OC(C)=O)[C@@H]1[C@@H](N(Cc2cc3ccccc3o2)C(=O)Cc2ccc(F)cc2)c2cc(OCCCO)ccc2N1C(=O)c1ccc(-c2ccccc2)cc1. The lowest BCUT2D eigenvalue weighted by Gasteiger charge is -2.39. The Bertz CT molecular complexity index is 2330. The molecule has 0 saturated heterocycles. The molecule has 0 radical (unpaired) electrons. The van der Waals surface area contributed by atoms with E-state index >= 15 is 4.79 Å². The molecule has 0 fully saturated rings. The number of esters is 1. The maximum atomic E-state index is 15.0. The molecule has 2 amide bonds. The van der Waals surface area contributed by atoms with Gasteiger partial charge in [0.2, 0.25) is 5.91 Å². The van der Waals surface area contributed by atoms with Gasteiger partial charge in [0.1, 0.15) is 29.0 Å². The first kappa shape index (κ1) is 38.7. The largest absolute Gasteiger partial charge is 0.493 e. The summed E-state index contributed by atoms with van der Waals surface area (Å²) in [6.45, 7) is 5.42. The zero-order valence-corrected chi connectivity index (χ0v) is 31.6. The van der Waals surface area contributed by atoms with Crippen LogP contribution in [0.1, 0.15) is 53.1 Å². The number of anilines is 1. The maximum Gasteiger partial charge on any atom is 0.302 e. The van der Waals surface area contributed by atoms with Crippen molar-refractivity contribution in [3.63, 3.8) is 0 Å².